The third-order valence-corrected chi connectivity index (χ3v) is 3.22. The Hall–Kier alpha value is 0.179. The van der Waals surface area contributed by atoms with Crippen molar-refractivity contribution in [3.05, 3.63) is 42.1 Å². The molecule has 0 spiro atoms. The maximum Gasteiger partial charge on any atom is 0 e. The molecule has 1 radical (unpaired) electrons. The second-order valence-electron chi connectivity index (χ2n) is 4.66. The molecule has 0 unspecified atom stereocenters. The Morgan fingerprint density at radius 1 is 0.857 bits per heavy atom. The summed E-state index contributed by atoms with van der Waals surface area (Å²) >= 11 is 7.38. The van der Waals surface area contributed by atoms with Crippen molar-refractivity contribution in [1.29, 1.82) is 0 Å². The minimum atomic E-state index is -0.443. The first-order valence-electron chi connectivity index (χ1n) is 7.12. The Morgan fingerprint density at radius 3 is 1.39 bits per heavy atom. The summed E-state index contributed by atoms with van der Waals surface area (Å²) in [6.45, 7) is 1.37. The number of methoxy groups -OCH3 is 4. The van der Waals surface area contributed by atoms with E-state index in [9.17, 15) is 0 Å². The molecular weight excluding hydrogens is 605 g/mol. The van der Waals surface area contributed by atoms with Crippen LogP contribution in [0.15, 0.2) is 24.5 Å². The molecule has 28 heavy (non-hydrogen) atoms. The SMILES string of the molecule is COC(OC)c1ccn(CCn2ccc(C(OC)OC)n2)n1.O.[Br][Cu][Br].[Cu].[NH2-]. The Bertz CT molecular complexity index is 550. The molecule has 0 aliphatic rings. The van der Waals surface area contributed by atoms with Crippen molar-refractivity contribution in [2.45, 2.75) is 25.7 Å². The summed E-state index contributed by atoms with van der Waals surface area (Å²) in [6, 6.07) is 3.75. The molecule has 10 nitrogen and oxygen atoms in total. The van der Waals surface area contributed by atoms with Crippen molar-refractivity contribution in [2.75, 3.05) is 28.4 Å². The zero-order valence-corrected chi connectivity index (χ0v) is 20.8. The van der Waals surface area contributed by atoms with E-state index in [0.29, 0.717) is 13.1 Å². The molecule has 0 bridgehead atoms. The van der Waals surface area contributed by atoms with Gasteiger partial charge in [-0.05, 0) is 12.1 Å². The number of hydrogen-bond donors (Lipinski definition) is 0. The zero-order valence-electron chi connectivity index (χ0n) is 15.7. The van der Waals surface area contributed by atoms with Crippen molar-refractivity contribution >= 4 is 28.2 Å². The van der Waals surface area contributed by atoms with E-state index >= 15 is 0 Å². The largest absolute Gasteiger partial charge is 0.693 e. The van der Waals surface area contributed by atoms with Crippen LogP contribution in [0, 0.1) is 0 Å². The second kappa shape index (κ2) is 19.2. The molecule has 0 aliphatic heterocycles. The van der Waals surface area contributed by atoms with Crippen molar-refractivity contribution < 1.29 is 52.8 Å². The first-order valence-corrected chi connectivity index (χ1v) is 11.8. The molecule has 174 valence electrons. The number of hydrogen-bond acceptors (Lipinski definition) is 6. The molecule has 0 aromatic carbocycles. The molecule has 2 aromatic rings. The van der Waals surface area contributed by atoms with Gasteiger partial charge < -0.3 is 30.6 Å². The van der Waals surface area contributed by atoms with Crippen LogP contribution in [-0.2, 0) is 60.4 Å². The summed E-state index contributed by atoms with van der Waals surface area (Å²) in [5, 5.41) is 8.84. The molecule has 2 heterocycles. The first-order chi connectivity index (χ1) is 12.1. The topological polar surface area (TPSA) is 138 Å². The minimum Gasteiger partial charge on any atom is -0.693 e. The summed E-state index contributed by atoms with van der Waals surface area (Å²) in [5.74, 6) is 0. The van der Waals surface area contributed by atoms with Crippen molar-refractivity contribution in [1.82, 2.24) is 19.6 Å². The molecule has 0 saturated carbocycles. The number of rotatable bonds is 9. The van der Waals surface area contributed by atoms with Crippen molar-refractivity contribution in [2.24, 2.45) is 0 Å². The standard InChI is InChI=1S/C14H22N4O4.2BrH.2Cu.H2N.H2O/c1-19-13(20-2)11-5-7-17(15-11)9-10-18-8-6-12(16-18)14(21-3)22-4;;;;;;/h5-8,13-14H,9-10H2,1-4H3;2*1H;;;2*1H2/q;;;;+2;-1;/p-2. The van der Waals surface area contributed by atoms with E-state index in [-0.39, 0.29) is 28.7 Å². The van der Waals surface area contributed by atoms with E-state index in [1.807, 2.05) is 33.9 Å². The van der Waals surface area contributed by atoms with Crippen LogP contribution in [0.2, 0.25) is 0 Å². The molecule has 2 rings (SSSR count). The fourth-order valence-corrected chi connectivity index (χ4v) is 2.14. The van der Waals surface area contributed by atoms with Gasteiger partial charge in [-0.1, -0.05) is 0 Å². The molecule has 0 atom stereocenters. The average Bonchev–Trinajstić information content (AvgIpc) is 3.26. The normalized spacial score (nSPS) is 10.0. The Morgan fingerprint density at radius 2 is 1.14 bits per heavy atom. The van der Waals surface area contributed by atoms with Gasteiger partial charge in [0, 0.05) is 57.9 Å². The molecular formula is C14H26Br2Cu2N5O5-. The van der Waals surface area contributed by atoms with Crippen LogP contribution in [0.5, 0.6) is 0 Å². The fourth-order valence-electron chi connectivity index (χ4n) is 2.14. The molecule has 0 amide bonds. The predicted molar refractivity (Wildman–Crippen MR) is 105 cm³/mol. The van der Waals surface area contributed by atoms with E-state index in [2.05, 4.69) is 38.4 Å². The average molecular weight is 631 g/mol. The summed E-state index contributed by atoms with van der Waals surface area (Å²) < 4.78 is 24.3. The van der Waals surface area contributed by atoms with Crippen LogP contribution in [0.3, 0.4) is 0 Å². The number of ether oxygens (including phenoxy) is 4. The van der Waals surface area contributed by atoms with Crippen LogP contribution in [-0.4, -0.2) is 53.5 Å². The number of nitrogens with zero attached hydrogens (tertiary/aromatic N) is 4. The van der Waals surface area contributed by atoms with Crippen LogP contribution in [0.1, 0.15) is 24.0 Å². The zero-order chi connectivity index (χ0) is 18.7. The third-order valence-electron chi connectivity index (χ3n) is 3.22. The Labute approximate surface area is 195 Å². The van der Waals surface area contributed by atoms with E-state index in [0.717, 1.165) is 11.4 Å². The molecule has 4 N–H and O–H groups in total. The smallest absolute Gasteiger partial charge is 0 e. The van der Waals surface area contributed by atoms with Gasteiger partial charge in [-0.3, -0.25) is 9.36 Å². The van der Waals surface area contributed by atoms with Gasteiger partial charge in [0.25, 0.3) is 0 Å². The van der Waals surface area contributed by atoms with Crippen LogP contribution >= 0.6 is 28.2 Å². The number of halogens is 2. The molecule has 0 aliphatic carbocycles. The van der Waals surface area contributed by atoms with E-state index < -0.39 is 12.6 Å². The van der Waals surface area contributed by atoms with Crippen LogP contribution in [0.25, 0.3) is 6.15 Å². The van der Waals surface area contributed by atoms with Crippen LogP contribution < -0.4 is 0 Å². The second-order valence-corrected chi connectivity index (χ2v) is 9.41. The molecule has 2 aromatic heterocycles. The predicted octanol–water partition coefficient (Wildman–Crippen LogP) is 2.94. The summed E-state index contributed by atoms with van der Waals surface area (Å²) in [4.78, 5) is 0. The summed E-state index contributed by atoms with van der Waals surface area (Å²) in [7, 11) is 6.34. The third kappa shape index (κ3) is 10.8. The number of nitrogens with two attached hydrogens (primary N) is 1. The summed E-state index contributed by atoms with van der Waals surface area (Å²) in [6.07, 6.45) is 2.89. The van der Waals surface area contributed by atoms with Crippen molar-refractivity contribution in [3.63, 3.8) is 0 Å². The van der Waals surface area contributed by atoms with Gasteiger partial charge in [0.15, 0.2) is 0 Å². The number of aromatic nitrogens is 4. The Kier molecular flexibility index (Phi) is 22.5. The maximum atomic E-state index is 5.17. The van der Waals surface area contributed by atoms with Gasteiger partial charge in [-0.2, -0.15) is 10.2 Å². The monoisotopic (exact) mass is 628 g/mol. The molecule has 14 heteroatoms. The van der Waals surface area contributed by atoms with Gasteiger partial charge in [0.05, 0.1) is 13.1 Å². The van der Waals surface area contributed by atoms with Gasteiger partial charge in [-0.25, -0.2) is 0 Å². The quantitative estimate of drug-likeness (QED) is 0.309. The summed E-state index contributed by atoms with van der Waals surface area (Å²) in [5.41, 5.74) is 1.48. The van der Waals surface area contributed by atoms with Crippen LogP contribution in [0.4, 0.5) is 0 Å². The van der Waals surface area contributed by atoms with Gasteiger partial charge >= 0.3 is 39.6 Å². The minimum absolute atomic E-state index is 0. The van der Waals surface area contributed by atoms with E-state index in [1.165, 1.54) is 11.3 Å². The Balaban J connectivity index is -0.000000978. The van der Waals surface area contributed by atoms with E-state index in [4.69, 9.17) is 18.9 Å². The van der Waals surface area contributed by atoms with Gasteiger partial charge in [0.2, 0.25) is 12.6 Å². The molecule has 0 saturated heterocycles. The molecule has 0 fully saturated rings. The maximum absolute atomic E-state index is 5.17. The van der Waals surface area contributed by atoms with Gasteiger partial charge in [-0.15, -0.1) is 0 Å². The first kappa shape index (κ1) is 32.8. The van der Waals surface area contributed by atoms with Crippen molar-refractivity contribution in [3.8, 4) is 0 Å². The van der Waals surface area contributed by atoms with E-state index in [1.54, 1.807) is 28.4 Å². The van der Waals surface area contributed by atoms with Gasteiger partial charge in [0.1, 0.15) is 11.4 Å². The number of aryl methyl sites for hydroxylation is 2. The fraction of sp³-hybridized carbons (Fsp3) is 0.571.